The van der Waals surface area contributed by atoms with Crippen molar-refractivity contribution in [1.82, 2.24) is 20.4 Å². The highest BCUT2D eigenvalue weighted by molar-refractivity contribution is 5.81. The number of ether oxygens (including phenoxy) is 4. The minimum Gasteiger partial charge on any atom is -0.441 e. The van der Waals surface area contributed by atoms with Crippen LogP contribution in [0.3, 0.4) is 0 Å². The average molecular weight is 1290 g/mol. The van der Waals surface area contributed by atoms with E-state index in [9.17, 15) is 24.3 Å². The fourth-order valence-electron chi connectivity index (χ4n) is 10.3. The number of benzene rings is 1. The number of piperidine rings is 1. The first-order valence-electron chi connectivity index (χ1n) is 34.4. The van der Waals surface area contributed by atoms with Crippen molar-refractivity contribution in [3.8, 4) is 0 Å². The van der Waals surface area contributed by atoms with Crippen LogP contribution in [0, 0.1) is 40.9 Å². The molecule has 6 rings (SSSR count). The van der Waals surface area contributed by atoms with Gasteiger partial charge in [0.2, 0.25) is 17.7 Å². The van der Waals surface area contributed by atoms with Gasteiger partial charge >= 0.3 is 6.09 Å². The molecule has 0 bridgehead atoms. The molecule has 5 aliphatic rings. The van der Waals surface area contributed by atoms with Crippen LogP contribution in [0.5, 0.6) is 0 Å². The molecule has 0 aromatic heterocycles. The molecule has 11 N–H and O–H groups in total. The van der Waals surface area contributed by atoms with Crippen LogP contribution in [0.1, 0.15) is 218 Å². The van der Waals surface area contributed by atoms with Crippen LogP contribution in [0.2, 0.25) is 0 Å². The Labute approximate surface area is 545 Å². The number of carbonyl (C=O) groups is 4. The molecule has 0 radical (unpaired) electrons. The smallest absolute Gasteiger partial charge is 0.410 e. The first-order valence-corrected chi connectivity index (χ1v) is 34.4. The Morgan fingerprint density at radius 2 is 1.50 bits per heavy atom. The van der Waals surface area contributed by atoms with E-state index in [0.29, 0.717) is 55.8 Å². The second-order valence-corrected chi connectivity index (χ2v) is 26.4. The summed E-state index contributed by atoms with van der Waals surface area (Å²) in [5, 5.41) is 69.3. The van der Waals surface area contributed by atoms with E-state index in [-0.39, 0.29) is 60.6 Å². The lowest BCUT2D eigenvalue weighted by molar-refractivity contribution is -0.131. The van der Waals surface area contributed by atoms with Crippen LogP contribution in [0.25, 0.3) is 0 Å². The van der Waals surface area contributed by atoms with Crippen molar-refractivity contribution in [1.29, 1.82) is 0 Å². The van der Waals surface area contributed by atoms with Gasteiger partial charge in [-0.05, 0) is 159 Å². The van der Waals surface area contributed by atoms with Gasteiger partial charge in [-0.3, -0.25) is 14.4 Å². The molecule has 20 nitrogen and oxygen atoms in total. The van der Waals surface area contributed by atoms with E-state index >= 15 is 0 Å². The summed E-state index contributed by atoms with van der Waals surface area (Å²) in [5.74, 6) is 2.56. The predicted octanol–water partition coefficient (Wildman–Crippen LogP) is 9.13. The van der Waals surface area contributed by atoms with Crippen LogP contribution >= 0.6 is 0 Å². The molecule has 11 atom stereocenters. The Morgan fingerprint density at radius 3 is 1.90 bits per heavy atom. The fourth-order valence-corrected chi connectivity index (χ4v) is 10.3. The van der Waals surface area contributed by atoms with Gasteiger partial charge in [0.05, 0.1) is 49.3 Å². The molecular formula is C70H135N5O15. The van der Waals surface area contributed by atoms with E-state index in [1.165, 1.54) is 58.0 Å². The summed E-state index contributed by atoms with van der Waals surface area (Å²) in [6, 6.07) is 9.85. The number of nitrogens with two attached hydrogens (primary N) is 1. The zero-order valence-corrected chi connectivity index (χ0v) is 59.1. The third kappa shape index (κ3) is 43.4. The highest BCUT2D eigenvalue weighted by atomic mass is 16.6. The highest BCUT2D eigenvalue weighted by Gasteiger charge is 2.44. The largest absolute Gasteiger partial charge is 0.441 e. The average Bonchev–Trinajstić information content (AvgIpc) is 1.70. The maximum atomic E-state index is 11.6. The molecule has 530 valence electrons. The molecule has 0 spiro atoms. The monoisotopic (exact) mass is 1290 g/mol. The number of nitrogens with zero attached hydrogens (tertiary/aromatic N) is 2. The molecule has 5 fully saturated rings. The number of amides is 4. The SMILES string of the molecule is CC(C)CC(O)C(C)O.CC1(C)CCNCC1.CC1COC(C(C)O)C1.CCC(CC1CCCCC1)C(N)=O.CCC(O)(CCCCCO)c1ccccc1.CCCOCC1CC1C(=O)N(C)CC.CCN1CC(C(C)O)OC1=O.COCCCNC(=O)CO. The number of rotatable bonds is 28. The second-order valence-electron chi connectivity index (χ2n) is 26.4. The molecule has 90 heavy (non-hydrogen) atoms. The molecule has 3 aliphatic heterocycles. The fraction of sp³-hybridized carbons (Fsp3) is 0.857. The second kappa shape index (κ2) is 52.8. The number of methoxy groups -OCH3 is 1. The maximum Gasteiger partial charge on any atom is 0.410 e. The molecule has 1 aromatic rings. The van der Waals surface area contributed by atoms with E-state index < -0.39 is 30.5 Å². The van der Waals surface area contributed by atoms with Crippen molar-refractivity contribution in [3.63, 3.8) is 0 Å². The standard InChI is InChI=1S/C14H22O2.C11H21NO2.C11H21NO.C7H13NO3.C7H15N.C7H14O2.C7H16O2.C6H13NO3/c1-2-14(16,11-7-4-8-12-15)13-9-5-3-6-10-13;1-4-6-14-8-9-7-10(9)11(13)12(3)5-2;1-2-10(11(12)13)8-9-6-4-3-5-7-9;1-3-8-4-6(5(2)9)11-7(8)10;1-7(2)3-5-8-6-4-7;1-5-3-7(6(2)8)9-4-5;1-5(2)4-7(9)6(3)8;1-10-4-2-3-7-6(9)5-8/h3,5-6,9-10,15-16H,2,4,7-8,11-12H2,1H3;9-10H,4-8H2,1-3H3;9-10H,2-8H2,1H3,(H2,12,13);5-6,9H,3-4H2,1-2H3;8H,3-6H2,1-2H3;5-8H,3-4H2,1-2H3;5-9H,4H2,1-3H3;8H,2-5H2,1H3,(H,7,9). The minimum atomic E-state index is -0.698. The molecule has 11 unspecified atom stereocenters. The molecular weight excluding hydrogens is 1150 g/mol. The van der Waals surface area contributed by atoms with Gasteiger partial charge in [-0.25, -0.2) is 4.79 Å². The molecule has 2 aliphatic carbocycles. The van der Waals surface area contributed by atoms with E-state index in [1.807, 2.05) is 72.0 Å². The first kappa shape index (κ1) is 88.5. The van der Waals surface area contributed by atoms with Crippen LogP contribution in [-0.4, -0.2) is 199 Å². The van der Waals surface area contributed by atoms with Crippen molar-refractivity contribution >= 4 is 23.8 Å². The maximum absolute atomic E-state index is 11.6. The van der Waals surface area contributed by atoms with Crippen molar-refractivity contribution in [2.24, 2.45) is 46.7 Å². The number of likely N-dealkylation sites (N-methyl/N-ethyl adjacent to an activating group) is 1. The third-order valence-electron chi connectivity index (χ3n) is 17.0. The topological polar surface area (TPSA) is 303 Å². The summed E-state index contributed by atoms with van der Waals surface area (Å²) in [4.78, 5) is 47.3. The zero-order valence-electron chi connectivity index (χ0n) is 59.1. The number of aliphatic hydroxyl groups is 7. The molecule has 1 aromatic carbocycles. The molecule has 4 amide bonds. The van der Waals surface area contributed by atoms with Crippen molar-refractivity contribution in [2.75, 3.05) is 93.1 Å². The lowest BCUT2D eigenvalue weighted by Gasteiger charge is -2.29. The number of cyclic esters (lactones) is 1. The Balaban J connectivity index is 0. The van der Waals surface area contributed by atoms with E-state index in [0.717, 1.165) is 108 Å². The van der Waals surface area contributed by atoms with Crippen LogP contribution in [0.4, 0.5) is 4.79 Å². The Hall–Kier alpha value is -3.54. The number of aliphatic hydroxyl groups excluding tert-OH is 6. The lowest BCUT2D eigenvalue weighted by atomic mass is 9.82. The van der Waals surface area contributed by atoms with E-state index in [1.54, 1.807) is 37.7 Å². The van der Waals surface area contributed by atoms with Gasteiger partial charge in [-0.15, -0.1) is 0 Å². The Morgan fingerprint density at radius 1 is 0.878 bits per heavy atom. The van der Waals surface area contributed by atoms with Crippen molar-refractivity contribution in [2.45, 2.75) is 254 Å². The highest BCUT2D eigenvalue weighted by Crippen LogP contribution is 2.40. The number of hydrogen-bond acceptors (Lipinski definition) is 16. The van der Waals surface area contributed by atoms with Gasteiger partial charge < -0.3 is 80.9 Å². The summed E-state index contributed by atoms with van der Waals surface area (Å²) in [5.41, 5.74) is 6.25. The minimum absolute atomic E-state index is 0.0972. The number of nitrogens with one attached hydrogen (secondary N) is 2. The quantitative estimate of drug-likeness (QED) is 0.0350. The number of hydrogen-bond donors (Lipinski definition) is 10. The summed E-state index contributed by atoms with van der Waals surface area (Å²) in [6.45, 7) is 33.7. The van der Waals surface area contributed by atoms with Gasteiger partial charge in [-0.1, -0.05) is 131 Å². The Kier molecular flexibility index (Phi) is 51.9. The van der Waals surface area contributed by atoms with Crippen LogP contribution < -0.4 is 16.4 Å². The summed E-state index contributed by atoms with van der Waals surface area (Å²) >= 11 is 0. The third-order valence-corrected chi connectivity index (χ3v) is 17.0. The Bertz CT molecular complexity index is 1900. The van der Waals surface area contributed by atoms with Crippen LogP contribution in [-0.2, 0) is 38.9 Å². The zero-order chi connectivity index (χ0) is 68.7. The normalized spacial score (nSPS) is 22.1. The summed E-state index contributed by atoms with van der Waals surface area (Å²) in [7, 11) is 3.47. The molecule has 3 saturated heterocycles. The number of primary amides is 1. The van der Waals surface area contributed by atoms with Crippen molar-refractivity contribution < 1.29 is 73.9 Å². The summed E-state index contributed by atoms with van der Waals surface area (Å²) in [6.07, 6.45) is 17.5. The van der Waals surface area contributed by atoms with Gasteiger partial charge in [0.15, 0.2) is 0 Å². The van der Waals surface area contributed by atoms with Crippen LogP contribution in [0.15, 0.2) is 30.3 Å². The number of unbranched alkanes of at least 4 members (excludes halogenated alkanes) is 2. The predicted molar refractivity (Wildman–Crippen MR) is 360 cm³/mol. The van der Waals surface area contributed by atoms with Gasteiger partial charge in [0.1, 0.15) is 12.7 Å². The number of carbonyl (C=O) groups excluding carboxylic acids is 4. The van der Waals surface area contributed by atoms with Gasteiger partial charge in [0, 0.05) is 72.1 Å². The van der Waals surface area contributed by atoms with Crippen molar-refractivity contribution in [3.05, 3.63) is 35.9 Å². The summed E-state index contributed by atoms with van der Waals surface area (Å²) < 4.78 is 20.3. The molecule has 3 heterocycles. The van der Waals surface area contributed by atoms with Gasteiger partial charge in [0.25, 0.3) is 0 Å². The van der Waals surface area contributed by atoms with E-state index in [2.05, 4.69) is 45.3 Å². The van der Waals surface area contributed by atoms with Gasteiger partial charge in [-0.2, -0.15) is 0 Å². The van der Waals surface area contributed by atoms with E-state index in [4.69, 9.17) is 55.3 Å². The molecule has 2 saturated carbocycles. The molecule has 20 heteroatoms. The first-order chi connectivity index (χ1) is 42.6. The lowest BCUT2D eigenvalue weighted by Crippen LogP contribution is -2.32.